The number of halogens is 6. The average Bonchev–Trinajstić information content (AvgIpc) is 2.46. The van der Waals surface area contributed by atoms with Crippen molar-refractivity contribution >= 4 is 0 Å². The average molecular weight is 334 g/mol. The van der Waals surface area contributed by atoms with E-state index in [4.69, 9.17) is 0 Å². The first kappa shape index (κ1) is 17.3. The summed E-state index contributed by atoms with van der Waals surface area (Å²) in [7, 11) is 0. The van der Waals surface area contributed by atoms with Crippen LogP contribution in [0.2, 0.25) is 0 Å². The predicted molar refractivity (Wildman–Crippen MR) is 71.2 cm³/mol. The van der Waals surface area contributed by atoms with E-state index in [1.807, 2.05) is 0 Å². The predicted octanol–water partition coefficient (Wildman–Crippen LogP) is 4.41. The molecule has 0 aliphatic carbocycles. The summed E-state index contributed by atoms with van der Waals surface area (Å²) in [6.07, 6.45) is -8.13. The maximum Gasteiger partial charge on any atom is 0.416 e. The van der Waals surface area contributed by atoms with E-state index in [1.165, 1.54) is 0 Å². The van der Waals surface area contributed by atoms with Crippen LogP contribution in [0.1, 0.15) is 22.4 Å². The van der Waals surface area contributed by atoms with Crippen molar-refractivity contribution in [2.24, 2.45) is 0 Å². The maximum atomic E-state index is 12.7. The van der Waals surface area contributed by atoms with E-state index < -0.39 is 23.5 Å². The summed E-state index contributed by atoms with van der Waals surface area (Å²) in [5, 5.41) is 2.78. The molecule has 1 heterocycles. The Morgan fingerprint density at radius 2 is 1.43 bits per heavy atom. The van der Waals surface area contributed by atoms with E-state index in [1.54, 1.807) is 24.4 Å². The van der Waals surface area contributed by atoms with E-state index in [-0.39, 0.29) is 24.7 Å². The molecule has 0 unspecified atom stereocenters. The number of aromatic nitrogens is 1. The summed E-state index contributed by atoms with van der Waals surface area (Å²) in [6.45, 7) is 0.0992. The van der Waals surface area contributed by atoms with Crippen LogP contribution in [-0.4, -0.2) is 4.98 Å². The van der Waals surface area contributed by atoms with Gasteiger partial charge < -0.3 is 5.32 Å². The van der Waals surface area contributed by atoms with Gasteiger partial charge in [-0.2, -0.15) is 26.3 Å². The van der Waals surface area contributed by atoms with Gasteiger partial charge in [0.05, 0.1) is 16.8 Å². The van der Waals surface area contributed by atoms with Crippen molar-refractivity contribution in [3.05, 3.63) is 65.0 Å². The molecule has 0 saturated carbocycles. The SMILES string of the molecule is FC(F)(F)c1cc(CNCc2ccccn2)cc(C(F)(F)F)c1. The summed E-state index contributed by atoms with van der Waals surface area (Å²) in [5.41, 5.74) is -2.09. The molecule has 0 bridgehead atoms. The summed E-state index contributed by atoms with van der Waals surface area (Å²) < 4.78 is 76.4. The summed E-state index contributed by atoms with van der Waals surface area (Å²) in [6, 6.07) is 6.66. The molecular formula is C15H12F6N2. The first-order valence-corrected chi connectivity index (χ1v) is 6.55. The zero-order chi connectivity index (χ0) is 17.1. The van der Waals surface area contributed by atoms with Gasteiger partial charge in [0, 0.05) is 19.3 Å². The molecule has 2 rings (SSSR count). The molecular weight excluding hydrogens is 322 g/mol. The standard InChI is InChI=1S/C15H12F6N2/c16-14(17,18)11-5-10(6-12(7-11)15(19,20)21)8-22-9-13-3-1-2-4-23-13/h1-7,22H,8-9H2. The zero-order valence-corrected chi connectivity index (χ0v) is 11.7. The van der Waals surface area contributed by atoms with Gasteiger partial charge in [0.1, 0.15) is 0 Å². The number of nitrogens with one attached hydrogen (secondary N) is 1. The number of pyridine rings is 1. The minimum absolute atomic E-state index is 0.0944. The molecule has 0 spiro atoms. The van der Waals surface area contributed by atoms with E-state index in [0.29, 0.717) is 17.8 Å². The molecule has 2 aromatic rings. The minimum Gasteiger partial charge on any atom is -0.307 e. The lowest BCUT2D eigenvalue weighted by molar-refractivity contribution is -0.143. The largest absolute Gasteiger partial charge is 0.416 e. The Labute approximate surface area is 128 Å². The number of rotatable bonds is 4. The highest BCUT2D eigenvalue weighted by Crippen LogP contribution is 2.36. The molecule has 0 aliphatic heterocycles. The van der Waals surface area contributed by atoms with Gasteiger partial charge in [0.15, 0.2) is 0 Å². The molecule has 2 nitrogen and oxygen atoms in total. The van der Waals surface area contributed by atoms with Gasteiger partial charge in [-0.1, -0.05) is 6.07 Å². The molecule has 124 valence electrons. The molecule has 0 aliphatic rings. The third-order valence-electron chi connectivity index (χ3n) is 3.01. The van der Waals surface area contributed by atoms with Crippen LogP contribution in [0.5, 0.6) is 0 Å². The quantitative estimate of drug-likeness (QED) is 0.838. The Balaban J connectivity index is 2.17. The monoisotopic (exact) mass is 334 g/mol. The fraction of sp³-hybridized carbons (Fsp3) is 0.267. The maximum absolute atomic E-state index is 12.7. The lowest BCUT2D eigenvalue weighted by atomic mass is 10.0. The van der Waals surface area contributed by atoms with Gasteiger partial charge in [-0.15, -0.1) is 0 Å². The molecule has 0 amide bonds. The number of hydrogen-bond donors (Lipinski definition) is 1. The molecule has 0 radical (unpaired) electrons. The summed E-state index contributed by atoms with van der Waals surface area (Å²) in [4.78, 5) is 4.00. The Bertz CT molecular complexity index is 617. The first-order valence-electron chi connectivity index (χ1n) is 6.55. The van der Waals surface area contributed by atoms with Crippen molar-refractivity contribution < 1.29 is 26.3 Å². The second kappa shape index (κ2) is 6.57. The van der Waals surface area contributed by atoms with E-state index in [9.17, 15) is 26.3 Å². The first-order chi connectivity index (χ1) is 10.7. The van der Waals surface area contributed by atoms with E-state index in [2.05, 4.69) is 10.3 Å². The van der Waals surface area contributed by atoms with Crippen molar-refractivity contribution in [3.8, 4) is 0 Å². The van der Waals surface area contributed by atoms with Gasteiger partial charge in [0.2, 0.25) is 0 Å². The van der Waals surface area contributed by atoms with Crippen LogP contribution in [-0.2, 0) is 25.4 Å². The number of nitrogens with zero attached hydrogens (tertiary/aromatic N) is 1. The van der Waals surface area contributed by atoms with Crippen molar-refractivity contribution in [2.75, 3.05) is 0 Å². The van der Waals surface area contributed by atoms with Gasteiger partial charge >= 0.3 is 12.4 Å². The molecule has 1 aromatic heterocycles. The molecule has 1 N–H and O–H groups in total. The second-order valence-electron chi connectivity index (χ2n) is 4.84. The second-order valence-corrected chi connectivity index (χ2v) is 4.84. The normalized spacial score (nSPS) is 12.4. The van der Waals surface area contributed by atoms with Crippen molar-refractivity contribution in [1.82, 2.24) is 10.3 Å². The summed E-state index contributed by atoms with van der Waals surface area (Å²) >= 11 is 0. The summed E-state index contributed by atoms with van der Waals surface area (Å²) in [5.74, 6) is 0. The number of benzene rings is 1. The van der Waals surface area contributed by atoms with Crippen LogP contribution in [0.4, 0.5) is 26.3 Å². The van der Waals surface area contributed by atoms with Crippen LogP contribution in [0, 0.1) is 0 Å². The third kappa shape index (κ3) is 4.95. The highest BCUT2D eigenvalue weighted by Gasteiger charge is 2.36. The fourth-order valence-corrected chi connectivity index (χ4v) is 1.96. The van der Waals surface area contributed by atoms with Gasteiger partial charge in [-0.3, -0.25) is 4.98 Å². The Hall–Kier alpha value is -2.09. The van der Waals surface area contributed by atoms with Gasteiger partial charge in [-0.05, 0) is 35.9 Å². The van der Waals surface area contributed by atoms with Crippen molar-refractivity contribution in [2.45, 2.75) is 25.4 Å². The zero-order valence-electron chi connectivity index (χ0n) is 11.7. The number of alkyl halides is 6. The lowest BCUT2D eigenvalue weighted by Crippen LogP contribution is -2.16. The van der Waals surface area contributed by atoms with Crippen LogP contribution >= 0.6 is 0 Å². The Morgan fingerprint density at radius 3 is 1.91 bits per heavy atom. The third-order valence-corrected chi connectivity index (χ3v) is 3.01. The molecule has 1 aromatic carbocycles. The molecule has 0 saturated heterocycles. The van der Waals surface area contributed by atoms with Gasteiger partial charge in [-0.25, -0.2) is 0 Å². The smallest absolute Gasteiger partial charge is 0.307 e. The highest BCUT2D eigenvalue weighted by molar-refractivity contribution is 5.33. The number of hydrogen-bond acceptors (Lipinski definition) is 2. The topological polar surface area (TPSA) is 24.9 Å². The molecule has 0 atom stereocenters. The van der Waals surface area contributed by atoms with E-state index >= 15 is 0 Å². The van der Waals surface area contributed by atoms with Crippen molar-refractivity contribution in [1.29, 1.82) is 0 Å². The minimum atomic E-state index is -4.84. The van der Waals surface area contributed by atoms with Crippen LogP contribution in [0.25, 0.3) is 0 Å². The van der Waals surface area contributed by atoms with Crippen LogP contribution in [0.15, 0.2) is 42.6 Å². The molecule has 8 heteroatoms. The Morgan fingerprint density at radius 1 is 0.826 bits per heavy atom. The van der Waals surface area contributed by atoms with Crippen LogP contribution in [0.3, 0.4) is 0 Å². The van der Waals surface area contributed by atoms with Crippen molar-refractivity contribution in [3.63, 3.8) is 0 Å². The molecule has 0 fully saturated rings. The highest BCUT2D eigenvalue weighted by atomic mass is 19.4. The van der Waals surface area contributed by atoms with Gasteiger partial charge in [0.25, 0.3) is 0 Å². The fourth-order valence-electron chi connectivity index (χ4n) is 1.96. The molecule has 23 heavy (non-hydrogen) atoms. The van der Waals surface area contributed by atoms with Crippen LogP contribution < -0.4 is 5.32 Å². The Kier molecular flexibility index (Phi) is 4.93. The van der Waals surface area contributed by atoms with E-state index in [0.717, 1.165) is 0 Å². The lowest BCUT2D eigenvalue weighted by Gasteiger charge is -2.14.